The second-order valence-electron chi connectivity index (χ2n) is 4.30. The van der Waals surface area contributed by atoms with Crippen LogP contribution in [0.3, 0.4) is 0 Å². The van der Waals surface area contributed by atoms with Crippen LogP contribution >= 0.6 is 11.6 Å². The molecule has 96 valence electrons. The molecule has 1 N–H and O–H groups in total. The van der Waals surface area contributed by atoms with Gasteiger partial charge in [-0.05, 0) is 31.0 Å². The smallest absolute Gasteiger partial charge is 0.339 e. The van der Waals surface area contributed by atoms with Crippen LogP contribution in [-0.2, 0) is 9.53 Å². The Morgan fingerprint density at radius 3 is 2.67 bits per heavy atom. The van der Waals surface area contributed by atoms with E-state index < -0.39 is 5.97 Å². The number of benzene rings is 1. The van der Waals surface area contributed by atoms with Crippen molar-refractivity contribution < 1.29 is 14.3 Å². The van der Waals surface area contributed by atoms with Gasteiger partial charge < -0.3 is 10.1 Å². The normalized spacial score (nSPS) is 14.8. The molecule has 1 aromatic rings. The fourth-order valence-electron chi connectivity index (χ4n) is 1.78. The fraction of sp³-hybridized carbons (Fsp3) is 0.385. The Morgan fingerprint density at radius 1 is 1.39 bits per heavy atom. The molecule has 0 heterocycles. The lowest BCUT2D eigenvalue weighted by Crippen LogP contribution is -2.28. The third kappa shape index (κ3) is 2.64. The molecule has 1 amide bonds. The second kappa shape index (κ2) is 5.40. The monoisotopic (exact) mass is 267 g/mol. The number of esters is 1. The number of carbonyl (C=O) groups excluding carboxylic acids is 2. The van der Waals surface area contributed by atoms with Crippen LogP contribution in [0.1, 0.15) is 29.6 Å². The Balaban J connectivity index is 2.13. The van der Waals surface area contributed by atoms with Crippen LogP contribution in [0, 0.1) is 5.92 Å². The average molecular weight is 268 g/mol. The van der Waals surface area contributed by atoms with E-state index in [-0.39, 0.29) is 17.4 Å². The van der Waals surface area contributed by atoms with Crippen LogP contribution in [-0.4, -0.2) is 19.0 Å². The molecule has 1 aromatic carbocycles. The quantitative estimate of drug-likeness (QED) is 0.857. The van der Waals surface area contributed by atoms with Gasteiger partial charge in [0.2, 0.25) is 5.91 Å². The first-order chi connectivity index (χ1) is 8.61. The molecule has 1 fully saturated rings. The van der Waals surface area contributed by atoms with Crippen molar-refractivity contribution >= 4 is 29.2 Å². The van der Waals surface area contributed by atoms with Gasteiger partial charge in [-0.2, -0.15) is 0 Å². The maximum atomic E-state index is 11.8. The van der Waals surface area contributed by atoms with E-state index in [9.17, 15) is 9.59 Å². The first kappa shape index (κ1) is 12.9. The summed E-state index contributed by atoms with van der Waals surface area (Å²) in [5, 5.41) is 3.09. The zero-order valence-electron chi connectivity index (χ0n) is 10.0. The van der Waals surface area contributed by atoms with Gasteiger partial charge in [0.25, 0.3) is 0 Å². The number of methoxy groups -OCH3 is 1. The number of carbonyl (C=O) groups is 2. The summed E-state index contributed by atoms with van der Waals surface area (Å²) >= 11 is 5.89. The number of hydrogen-bond acceptors (Lipinski definition) is 3. The van der Waals surface area contributed by atoms with Gasteiger partial charge in [-0.1, -0.05) is 18.0 Å². The van der Waals surface area contributed by atoms with Crippen LogP contribution in [0.25, 0.3) is 0 Å². The van der Waals surface area contributed by atoms with Crippen LogP contribution in [0.15, 0.2) is 18.2 Å². The van der Waals surface area contributed by atoms with Crippen LogP contribution < -0.4 is 5.32 Å². The van der Waals surface area contributed by atoms with Gasteiger partial charge in [0.05, 0.1) is 17.7 Å². The Bertz CT molecular complexity index is 483. The fourth-order valence-corrected chi connectivity index (χ4v) is 1.98. The summed E-state index contributed by atoms with van der Waals surface area (Å²) in [7, 11) is 1.29. The van der Waals surface area contributed by atoms with E-state index in [1.165, 1.54) is 13.2 Å². The number of amides is 1. The summed E-state index contributed by atoms with van der Waals surface area (Å²) in [6, 6.07) is 4.78. The summed E-state index contributed by atoms with van der Waals surface area (Å²) in [5.41, 5.74) is 0.822. The van der Waals surface area contributed by atoms with Crippen molar-refractivity contribution in [3.05, 3.63) is 28.8 Å². The van der Waals surface area contributed by atoms with E-state index in [0.717, 1.165) is 19.3 Å². The van der Waals surface area contributed by atoms with Gasteiger partial charge >= 0.3 is 5.97 Å². The maximum Gasteiger partial charge on any atom is 0.339 e. The van der Waals surface area contributed by atoms with Crippen molar-refractivity contribution in [2.45, 2.75) is 19.3 Å². The maximum absolute atomic E-state index is 11.8. The summed E-state index contributed by atoms with van der Waals surface area (Å²) in [6.45, 7) is 0. The molecule has 1 aliphatic carbocycles. The molecule has 0 unspecified atom stereocenters. The predicted molar refractivity (Wildman–Crippen MR) is 68.8 cm³/mol. The predicted octanol–water partition coefficient (Wildman–Crippen LogP) is 2.87. The molecule has 0 radical (unpaired) electrons. The van der Waals surface area contributed by atoms with E-state index in [4.69, 9.17) is 11.6 Å². The third-order valence-corrected chi connectivity index (χ3v) is 3.44. The zero-order valence-corrected chi connectivity index (χ0v) is 10.8. The Labute approximate surface area is 110 Å². The standard InChI is InChI=1S/C13H14ClNO3/c1-18-13(17)10-7-9(5-6-11(10)14)15-12(16)8-3-2-4-8/h5-8H,2-4H2,1H3,(H,15,16). The van der Waals surface area contributed by atoms with Crippen LogP contribution in [0.2, 0.25) is 5.02 Å². The largest absolute Gasteiger partial charge is 0.465 e. The number of rotatable bonds is 3. The molecule has 4 nitrogen and oxygen atoms in total. The lowest BCUT2D eigenvalue weighted by Gasteiger charge is -2.24. The highest BCUT2D eigenvalue weighted by Gasteiger charge is 2.25. The van der Waals surface area contributed by atoms with Gasteiger partial charge in [-0.3, -0.25) is 4.79 Å². The second-order valence-corrected chi connectivity index (χ2v) is 4.71. The molecule has 0 aliphatic heterocycles. The minimum absolute atomic E-state index is 0.000566. The number of nitrogens with one attached hydrogen (secondary N) is 1. The first-order valence-corrected chi connectivity index (χ1v) is 6.18. The van der Waals surface area contributed by atoms with E-state index in [1.54, 1.807) is 12.1 Å². The molecule has 0 saturated heterocycles. The number of halogens is 1. The van der Waals surface area contributed by atoms with E-state index in [2.05, 4.69) is 10.1 Å². The molecule has 0 spiro atoms. The van der Waals surface area contributed by atoms with Gasteiger partial charge in [-0.25, -0.2) is 4.79 Å². The van der Waals surface area contributed by atoms with Crippen molar-refractivity contribution in [3.63, 3.8) is 0 Å². The number of ether oxygens (including phenoxy) is 1. The molecule has 1 saturated carbocycles. The van der Waals surface area contributed by atoms with Gasteiger partial charge in [0, 0.05) is 11.6 Å². The average Bonchev–Trinajstić information content (AvgIpc) is 2.28. The van der Waals surface area contributed by atoms with Crippen molar-refractivity contribution in [3.8, 4) is 0 Å². The summed E-state index contributed by atoms with van der Waals surface area (Å²) in [4.78, 5) is 23.2. The summed E-state index contributed by atoms with van der Waals surface area (Å²) < 4.78 is 4.62. The van der Waals surface area contributed by atoms with Crippen molar-refractivity contribution in [2.24, 2.45) is 5.92 Å². The van der Waals surface area contributed by atoms with Crippen molar-refractivity contribution in [2.75, 3.05) is 12.4 Å². The first-order valence-electron chi connectivity index (χ1n) is 5.80. The van der Waals surface area contributed by atoms with Crippen molar-refractivity contribution in [1.29, 1.82) is 0 Å². The zero-order chi connectivity index (χ0) is 13.1. The molecular weight excluding hydrogens is 254 g/mol. The molecule has 2 rings (SSSR count). The summed E-state index contributed by atoms with van der Waals surface area (Å²) in [5.74, 6) is -0.415. The summed E-state index contributed by atoms with van der Waals surface area (Å²) in [6.07, 6.45) is 2.97. The SMILES string of the molecule is COC(=O)c1cc(NC(=O)C2CCC2)ccc1Cl. The molecule has 5 heteroatoms. The molecule has 0 bridgehead atoms. The van der Waals surface area contributed by atoms with Gasteiger partial charge in [0.15, 0.2) is 0 Å². The Kier molecular flexibility index (Phi) is 3.87. The molecular formula is C13H14ClNO3. The highest BCUT2D eigenvalue weighted by atomic mass is 35.5. The lowest BCUT2D eigenvalue weighted by molar-refractivity contribution is -0.122. The third-order valence-electron chi connectivity index (χ3n) is 3.12. The highest BCUT2D eigenvalue weighted by molar-refractivity contribution is 6.33. The minimum atomic E-state index is -0.514. The minimum Gasteiger partial charge on any atom is -0.465 e. The van der Waals surface area contributed by atoms with E-state index >= 15 is 0 Å². The highest BCUT2D eigenvalue weighted by Crippen LogP contribution is 2.28. The van der Waals surface area contributed by atoms with Gasteiger partial charge in [0.1, 0.15) is 0 Å². The Morgan fingerprint density at radius 2 is 2.11 bits per heavy atom. The van der Waals surface area contributed by atoms with Crippen molar-refractivity contribution in [1.82, 2.24) is 0 Å². The van der Waals surface area contributed by atoms with Gasteiger partial charge in [-0.15, -0.1) is 0 Å². The van der Waals surface area contributed by atoms with Crippen LogP contribution in [0.5, 0.6) is 0 Å². The Hall–Kier alpha value is -1.55. The molecule has 1 aliphatic rings. The van der Waals surface area contributed by atoms with E-state index in [1.807, 2.05) is 0 Å². The molecule has 18 heavy (non-hydrogen) atoms. The number of anilines is 1. The molecule has 0 atom stereocenters. The lowest BCUT2D eigenvalue weighted by atomic mass is 9.85. The van der Waals surface area contributed by atoms with Crippen LogP contribution in [0.4, 0.5) is 5.69 Å². The molecule has 0 aromatic heterocycles. The number of hydrogen-bond donors (Lipinski definition) is 1. The topological polar surface area (TPSA) is 55.4 Å². The van der Waals surface area contributed by atoms with E-state index in [0.29, 0.717) is 10.7 Å².